The Hall–Kier alpha value is -3.19. The third-order valence-corrected chi connectivity index (χ3v) is 7.02. The van der Waals surface area contributed by atoms with Crippen LogP contribution in [0.15, 0.2) is 54.6 Å². The van der Waals surface area contributed by atoms with Crippen molar-refractivity contribution < 1.29 is 18.0 Å². The first-order valence-electron chi connectivity index (χ1n) is 10.4. The second-order valence-corrected chi connectivity index (χ2v) is 8.92. The molecule has 2 aromatic heterocycles. The van der Waals surface area contributed by atoms with E-state index < -0.39 is 11.9 Å². The minimum atomic E-state index is -4.54. The van der Waals surface area contributed by atoms with Crippen LogP contribution in [-0.4, -0.2) is 10.8 Å². The van der Waals surface area contributed by atoms with Crippen molar-refractivity contribution in [3.63, 3.8) is 0 Å². The van der Waals surface area contributed by atoms with E-state index in [9.17, 15) is 18.0 Å². The van der Waals surface area contributed by atoms with Crippen LogP contribution in [0.2, 0.25) is 0 Å². The van der Waals surface area contributed by atoms with Crippen molar-refractivity contribution >= 4 is 33.0 Å². The van der Waals surface area contributed by atoms with Gasteiger partial charge >= 0.3 is 6.18 Å². The van der Waals surface area contributed by atoms with Crippen LogP contribution in [0, 0.1) is 0 Å². The molecule has 0 saturated heterocycles. The molecule has 0 atom stereocenters. The van der Waals surface area contributed by atoms with Crippen molar-refractivity contribution in [3.05, 3.63) is 81.9 Å². The number of nitrogens with two attached hydrogens (primary N) is 1. The molecule has 3 nitrogen and oxygen atoms in total. The van der Waals surface area contributed by atoms with Gasteiger partial charge in [0.25, 0.3) is 0 Å². The number of hydrogen-bond acceptors (Lipinski definition) is 4. The highest BCUT2D eigenvalue weighted by atomic mass is 32.1. The number of pyridine rings is 1. The van der Waals surface area contributed by atoms with Gasteiger partial charge in [0.2, 0.25) is 5.78 Å². The molecule has 0 aliphatic heterocycles. The molecule has 0 saturated carbocycles. The van der Waals surface area contributed by atoms with Gasteiger partial charge in [-0.1, -0.05) is 54.6 Å². The van der Waals surface area contributed by atoms with Crippen LogP contribution in [0.4, 0.5) is 18.9 Å². The summed E-state index contributed by atoms with van der Waals surface area (Å²) in [7, 11) is 0. The van der Waals surface area contributed by atoms with Crippen molar-refractivity contribution in [3.8, 4) is 11.1 Å². The Bertz CT molecular complexity index is 1330. The van der Waals surface area contributed by atoms with Crippen LogP contribution in [0.1, 0.15) is 44.9 Å². The zero-order valence-corrected chi connectivity index (χ0v) is 17.8. The lowest BCUT2D eigenvalue weighted by atomic mass is 9.88. The Morgan fingerprint density at radius 3 is 2.19 bits per heavy atom. The summed E-state index contributed by atoms with van der Waals surface area (Å²) in [6.45, 7) is 0. The molecule has 5 rings (SSSR count). The Morgan fingerprint density at radius 1 is 0.906 bits per heavy atom. The van der Waals surface area contributed by atoms with E-state index in [1.54, 1.807) is 12.1 Å². The monoisotopic (exact) mass is 452 g/mol. The molecule has 0 unspecified atom stereocenters. The standard InChI is InChI=1S/C25H19F3N2OS/c26-25(27,28)23-18-9-5-4-8-17(18)19-20(29)22(32-24(19)30-23)21(31)16-12-10-15(11-13-16)14-6-2-1-3-7-14/h1-3,6-7,10-13H,4-5,8-9,29H2. The van der Waals surface area contributed by atoms with Gasteiger partial charge in [0.15, 0.2) is 0 Å². The number of thiophene rings is 1. The van der Waals surface area contributed by atoms with Gasteiger partial charge in [-0.3, -0.25) is 4.79 Å². The number of ketones is 1. The van der Waals surface area contributed by atoms with Gasteiger partial charge in [-0.15, -0.1) is 11.3 Å². The van der Waals surface area contributed by atoms with Gasteiger partial charge in [-0.05, 0) is 47.9 Å². The molecule has 0 bridgehead atoms. The van der Waals surface area contributed by atoms with E-state index in [0.717, 1.165) is 28.9 Å². The van der Waals surface area contributed by atoms with Crippen molar-refractivity contribution in [2.75, 3.05) is 5.73 Å². The number of carbonyl (C=O) groups is 1. The Morgan fingerprint density at radius 2 is 1.53 bits per heavy atom. The van der Waals surface area contributed by atoms with E-state index in [2.05, 4.69) is 4.98 Å². The Balaban J connectivity index is 1.59. The highest BCUT2D eigenvalue weighted by Crippen LogP contribution is 2.44. The molecule has 0 spiro atoms. The number of nitrogen functional groups attached to an aromatic ring is 1. The molecule has 4 aromatic rings. The highest BCUT2D eigenvalue weighted by molar-refractivity contribution is 7.21. The summed E-state index contributed by atoms with van der Waals surface area (Å²) in [6.07, 6.45) is -2.22. The summed E-state index contributed by atoms with van der Waals surface area (Å²) >= 11 is 0.945. The number of fused-ring (bicyclic) bond motifs is 3. The van der Waals surface area contributed by atoms with Crippen molar-refractivity contribution in [2.24, 2.45) is 0 Å². The molecule has 2 heterocycles. The van der Waals surface area contributed by atoms with Crippen molar-refractivity contribution in [1.29, 1.82) is 0 Å². The van der Waals surface area contributed by atoms with Crippen LogP contribution in [0.3, 0.4) is 0 Å². The number of benzene rings is 2. The fraction of sp³-hybridized carbons (Fsp3) is 0.200. The number of halogens is 3. The van der Waals surface area contributed by atoms with Gasteiger partial charge in [-0.25, -0.2) is 4.98 Å². The summed E-state index contributed by atoms with van der Waals surface area (Å²) in [5.74, 6) is -0.303. The lowest BCUT2D eigenvalue weighted by Gasteiger charge is -2.21. The zero-order chi connectivity index (χ0) is 22.5. The average Bonchev–Trinajstić information content (AvgIpc) is 3.15. The maximum atomic E-state index is 13.7. The van der Waals surface area contributed by atoms with Crippen LogP contribution in [0.5, 0.6) is 0 Å². The number of anilines is 1. The molecule has 32 heavy (non-hydrogen) atoms. The molecule has 0 radical (unpaired) electrons. The Kier molecular flexibility index (Phi) is 5.01. The van der Waals surface area contributed by atoms with E-state index in [-0.39, 0.29) is 26.7 Å². The third-order valence-electron chi connectivity index (χ3n) is 5.92. The van der Waals surface area contributed by atoms with E-state index in [1.165, 1.54) is 0 Å². The third kappa shape index (κ3) is 3.46. The van der Waals surface area contributed by atoms with Crippen LogP contribution in [-0.2, 0) is 19.0 Å². The molecule has 0 amide bonds. The van der Waals surface area contributed by atoms with Gasteiger partial charge in [0.1, 0.15) is 15.4 Å². The molecule has 162 valence electrons. The molecule has 1 aliphatic rings. The highest BCUT2D eigenvalue weighted by Gasteiger charge is 2.38. The smallest absolute Gasteiger partial charge is 0.397 e. The summed E-state index contributed by atoms with van der Waals surface area (Å²) < 4.78 is 41.0. The fourth-order valence-electron chi connectivity index (χ4n) is 4.39. The molecule has 2 N–H and O–H groups in total. The number of alkyl halides is 3. The zero-order valence-electron chi connectivity index (χ0n) is 17.0. The number of nitrogens with zero attached hydrogens (tertiary/aromatic N) is 1. The molecule has 1 aliphatic carbocycles. The first-order chi connectivity index (χ1) is 15.3. The molecule has 2 aromatic carbocycles. The lowest BCUT2D eigenvalue weighted by molar-refractivity contribution is -0.141. The van der Waals surface area contributed by atoms with E-state index >= 15 is 0 Å². The van der Waals surface area contributed by atoms with Crippen LogP contribution < -0.4 is 5.73 Å². The molecular weight excluding hydrogens is 433 g/mol. The largest absolute Gasteiger partial charge is 0.433 e. The summed E-state index contributed by atoms with van der Waals surface area (Å²) in [6, 6.07) is 16.9. The second-order valence-electron chi connectivity index (χ2n) is 7.92. The van der Waals surface area contributed by atoms with E-state index in [0.29, 0.717) is 35.8 Å². The second kappa shape index (κ2) is 7.74. The topological polar surface area (TPSA) is 56.0 Å². The minimum absolute atomic E-state index is 0.180. The normalized spacial score (nSPS) is 13.8. The first-order valence-corrected chi connectivity index (χ1v) is 11.2. The number of aryl methyl sites for hydroxylation is 1. The van der Waals surface area contributed by atoms with Gasteiger partial charge in [0, 0.05) is 10.9 Å². The average molecular weight is 453 g/mol. The van der Waals surface area contributed by atoms with Crippen molar-refractivity contribution in [2.45, 2.75) is 31.9 Å². The minimum Gasteiger partial charge on any atom is -0.397 e. The van der Waals surface area contributed by atoms with Crippen LogP contribution in [0.25, 0.3) is 21.3 Å². The summed E-state index contributed by atoms with van der Waals surface area (Å²) in [4.78, 5) is 17.6. The number of rotatable bonds is 3. The van der Waals surface area contributed by atoms with Gasteiger partial charge in [0.05, 0.1) is 5.69 Å². The summed E-state index contributed by atoms with van der Waals surface area (Å²) in [5.41, 5.74) is 9.01. The van der Waals surface area contributed by atoms with E-state index in [4.69, 9.17) is 5.73 Å². The molecule has 0 fully saturated rings. The first kappa shape index (κ1) is 20.7. The Labute approximate surface area is 186 Å². The number of carbonyl (C=O) groups excluding carboxylic acids is 1. The summed E-state index contributed by atoms with van der Waals surface area (Å²) in [5, 5.41) is 0.516. The number of hydrogen-bond donors (Lipinski definition) is 1. The predicted octanol–water partition coefficient (Wildman–Crippen LogP) is 6.67. The maximum absolute atomic E-state index is 13.7. The quantitative estimate of drug-likeness (QED) is 0.353. The SMILES string of the molecule is Nc1c(C(=O)c2ccc(-c3ccccc3)cc2)sc2nc(C(F)(F)F)c3c(c12)CCCC3. The molecular formula is C25H19F3N2OS. The predicted molar refractivity (Wildman–Crippen MR) is 121 cm³/mol. The number of aromatic nitrogens is 1. The van der Waals surface area contributed by atoms with Crippen LogP contribution >= 0.6 is 11.3 Å². The lowest BCUT2D eigenvalue weighted by Crippen LogP contribution is -2.17. The van der Waals surface area contributed by atoms with Gasteiger partial charge in [-0.2, -0.15) is 13.2 Å². The van der Waals surface area contributed by atoms with Gasteiger partial charge < -0.3 is 5.73 Å². The van der Waals surface area contributed by atoms with Crippen molar-refractivity contribution in [1.82, 2.24) is 4.98 Å². The maximum Gasteiger partial charge on any atom is 0.433 e. The molecule has 7 heteroatoms. The van der Waals surface area contributed by atoms with E-state index in [1.807, 2.05) is 42.5 Å². The fourth-order valence-corrected chi connectivity index (χ4v) is 5.48.